The normalized spacial score (nSPS) is 17.6. The third-order valence-corrected chi connectivity index (χ3v) is 5.58. The number of carbonyl (C=O) groups excluding carboxylic acids is 1. The molecule has 0 N–H and O–H groups in total. The number of aryl methyl sites for hydroxylation is 1. The maximum Gasteiger partial charge on any atom is 0.326 e. The maximum atomic E-state index is 14.6. The highest BCUT2D eigenvalue weighted by molar-refractivity contribution is 7.61. The van der Waals surface area contributed by atoms with E-state index in [1.54, 1.807) is 6.92 Å². The van der Waals surface area contributed by atoms with E-state index < -0.39 is 42.1 Å². The highest BCUT2D eigenvalue weighted by Gasteiger charge is 2.53. The second kappa shape index (κ2) is 6.37. The van der Waals surface area contributed by atoms with Gasteiger partial charge in [0.2, 0.25) is 0 Å². The molecule has 0 bridgehead atoms. The van der Waals surface area contributed by atoms with Crippen LogP contribution < -0.4 is 10.0 Å². The number of alkyl halides is 2. The monoisotopic (exact) mass is 374 g/mol. The summed E-state index contributed by atoms with van der Waals surface area (Å²) >= 11 is 0. The van der Waals surface area contributed by atoms with Crippen LogP contribution in [0, 0.1) is 11.6 Å². The van der Waals surface area contributed by atoms with Crippen molar-refractivity contribution in [2.45, 2.75) is 25.4 Å². The molecule has 2 nitrogen and oxygen atoms in total. The number of halogens is 5. The van der Waals surface area contributed by atoms with Gasteiger partial charge in [-0.3, -0.25) is 4.79 Å². The second-order valence-corrected chi connectivity index (χ2v) is 7.09. The zero-order valence-electron chi connectivity index (χ0n) is 13.0. The Morgan fingerprint density at radius 1 is 1.12 bits per heavy atom. The first-order valence-corrected chi connectivity index (χ1v) is 8.66. The molecule has 0 saturated heterocycles. The molecule has 2 aromatic rings. The summed E-state index contributed by atoms with van der Waals surface area (Å²) in [7, 11) is -3.82. The molecule has 0 radical (unpaired) electrons. The van der Waals surface area contributed by atoms with Gasteiger partial charge in [0.1, 0.15) is 5.82 Å². The summed E-state index contributed by atoms with van der Waals surface area (Å²) in [5.41, 5.74) is -5.73. The minimum absolute atomic E-state index is 0.108. The summed E-state index contributed by atoms with van der Waals surface area (Å²) in [5.74, 6) is -3.27. The third-order valence-electron chi connectivity index (χ3n) is 4.03. The SMILES string of the molecule is CCCc1ccc2c(c1F)P(F)C(F)(F)c1c-2ccc(OC=O)c1F. The van der Waals surface area contributed by atoms with Gasteiger partial charge in [0.25, 0.3) is 6.47 Å². The zero-order chi connectivity index (χ0) is 18.4. The number of hydrogen-bond acceptors (Lipinski definition) is 2. The van der Waals surface area contributed by atoms with Crippen molar-refractivity contribution in [2.75, 3.05) is 0 Å². The first-order valence-electron chi connectivity index (χ1n) is 7.43. The smallest absolute Gasteiger partial charge is 0.326 e. The Bertz CT molecular complexity index is 853. The molecule has 132 valence electrons. The number of benzene rings is 2. The number of fused-ring (bicyclic) bond motifs is 3. The molecule has 8 heteroatoms. The van der Waals surface area contributed by atoms with E-state index in [2.05, 4.69) is 4.74 Å². The summed E-state index contributed by atoms with van der Waals surface area (Å²) < 4.78 is 77.0. The lowest BCUT2D eigenvalue weighted by Gasteiger charge is -2.31. The summed E-state index contributed by atoms with van der Waals surface area (Å²) in [6, 6.07) is 4.77. The third kappa shape index (κ3) is 2.61. The molecule has 0 saturated carbocycles. The van der Waals surface area contributed by atoms with Gasteiger partial charge in [-0.15, -0.1) is 0 Å². The predicted octanol–water partition coefficient (Wildman–Crippen LogP) is 5.17. The fraction of sp³-hybridized carbons (Fsp3) is 0.235. The van der Waals surface area contributed by atoms with Crippen molar-refractivity contribution < 1.29 is 31.3 Å². The van der Waals surface area contributed by atoms with E-state index in [9.17, 15) is 26.6 Å². The topological polar surface area (TPSA) is 26.3 Å². The van der Waals surface area contributed by atoms with Crippen LogP contribution in [0.25, 0.3) is 11.1 Å². The van der Waals surface area contributed by atoms with Crippen LogP contribution in [0.3, 0.4) is 0 Å². The number of rotatable bonds is 4. The summed E-state index contributed by atoms with van der Waals surface area (Å²) in [6.07, 6.45) is 0.842. The average Bonchev–Trinajstić information content (AvgIpc) is 2.56. The molecule has 1 heterocycles. The van der Waals surface area contributed by atoms with Crippen LogP contribution >= 0.6 is 8.23 Å². The minimum atomic E-state index is -4.24. The highest BCUT2D eigenvalue weighted by atomic mass is 31.2. The molecule has 25 heavy (non-hydrogen) atoms. The van der Waals surface area contributed by atoms with E-state index in [0.29, 0.717) is 6.42 Å². The molecule has 0 fully saturated rings. The molecule has 1 aliphatic rings. The van der Waals surface area contributed by atoms with Gasteiger partial charge in [0.05, 0.1) is 10.9 Å². The van der Waals surface area contributed by atoms with Crippen LogP contribution in [0.15, 0.2) is 24.3 Å². The predicted molar refractivity (Wildman–Crippen MR) is 84.0 cm³/mol. The van der Waals surface area contributed by atoms with Gasteiger partial charge in [-0.25, -0.2) is 13.0 Å². The lowest BCUT2D eigenvalue weighted by molar-refractivity contribution is -0.120. The van der Waals surface area contributed by atoms with E-state index >= 15 is 0 Å². The summed E-state index contributed by atoms with van der Waals surface area (Å²) in [6.45, 7) is 1.67. The Morgan fingerprint density at radius 2 is 1.80 bits per heavy atom. The molecule has 2 aromatic carbocycles. The molecule has 1 atom stereocenters. The van der Waals surface area contributed by atoms with Gasteiger partial charge < -0.3 is 4.74 Å². The lowest BCUT2D eigenvalue weighted by atomic mass is 9.96. The molecule has 0 aliphatic carbocycles. The second-order valence-electron chi connectivity index (χ2n) is 5.52. The van der Waals surface area contributed by atoms with Crippen molar-refractivity contribution in [1.29, 1.82) is 0 Å². The van der Waals surface area contributed by atoms with E-state index in [1.165, 1.54) is 12.1 Å². The van der Waals surface area contributed by atoms with Crippen LogP contribution in [-0.4, -0.2) is 6.47 Å². The van der Waals surface area contributed by atoms with Crippen molar-refractivity contribution in [1.82, 2.24) is 0 Å². The Labute approximate surface area is 141 Å². The molecule has 1 aliphatic heterocycles. The van der Waals surface area contributed by atoms with Gasteiger partial charge in [0, 0.05) is 0 Å². The van der Waals surface area contributed by atoms with Gasteiger partial charge in [0.15, 0.2) is 19.8 Å². The lowest BCUT2D eigenvalue weighted by Crippen LogP contribution is -2.28. The fourth-order valence-corrected chi connectivity index (χ4v) is 4.35. The quantitative estimate of drug-likeness (QED) is 0.419. The van der Waals surface area contributed by atoms with E-state index in [1.807, 2.05) is 0 Å². The Balaban J connectivity index is 2.32. The maximum absolute atomic E-state index is 14.6. The fourth-order valence-electron chi connectivity index (χ4n) is 2.93. The number of hydrogen-bond donors (Lipinski definition) is 0. The largest absolute Gasteiger partial charge is 0.426 e. The standard InChI is InChI=1S/C17H12F5O2P/c1-2-3-9-4-5-11-10-6-7-12(24-8-23)15(19)13(10)17(20,21)25(22)16(11)14(9)18/h4-8H,2-3H2,1H3. The summed E-state index contributed by atoms with van der Waals surface area (Å²) in [4.78, 5) is 10.4. The Morgan fingerprint density at radius 3 is 2.44 bits per heavy atom. The summed E-state index contributed by atoms with van der Waals surface area (Å²) in [5, 5.41) is -0.707. The molecule has 0 aromatic heterocycles. The molecule has 3 rings (SSSR count). The average molecular weight is 374 g/mol. The molecular formula is C17H12F5O2P. The van der Waals surface area contributed by atoms with Crippen molar-refractivity contribution in [2.24, 2.45) is 0 Å². The van der Waals surface area contributed by atoms with Crippen molar-refractivity contribution in [3.63, 3.8) is 0 Å². The van der Waals surface area contributed by atoms with Crippen LogP contribution in [0.4, 0.5) is 21.8 Å². The van der Waals surface area contributed by atoms with Crippen molar-refractivity contribution in [3.8, 4) is 16.9 Å². The van der Waals surface area contributed by atoms with Gasteiger partial charge in [-0.1, -0.05) is 25.5 Å². The van der Waals surface area contributed by atoms with Crippen LogP contribution in [0.1, 0.15) is 24.5 Å². The van der Waals surface area contributed by atoms with Crippen LogP contribution in [-0.2, 0) is 16.9 Å². The molecule has 0 amide bonds. The van der Waals surface area contributed by atoms with E-state index in [4.69, 9.17) is 0 Å². The van der Waals surface area contributed by atoms with E-state index in [0.717, 1.165) is 12.1 Å². The zero-order valence-corrected chi connectivity index (χ0v) is 13.8. The molecule has 0 spiro atoms. The van der Waals surface area contributed by atoms with Gasteiger partial charge >= 0.3 is 5.66 Å². The minimum Gasteiger partial charge on any atom is -0.426 e. The highest BCUT2D eigenvalue weighted by Crippen LogP contribution is 2.65. The van der Waals surface area contributed by atoms with Crippen molar-refractivity contribution >= 4 is 20.0 Å². The van der Waals surface area contributed by atoms with Gasteiger partial charge in [-0.2, -0.15) is 8.78 Å². The molecular weight excluding hydrogens is 362 g/mol. The number of ether oxygens (including phenoxy) is 1. The first-order chi connectivity index (χ1) is 11.8. The van der Waals surface area contributed by atoms with Gasteiger partial charge in [-0.05, 0) is 35.2 Å². The Kier molecular flexibility index (Phi) is 4.54. The Hall–Kier alpha value is -2.01. The van der Waals surface area contributed by atoms with Crippen LogP contribution in [0.2, 0.25) is 0 Å². The van der Waals surface area contributed by atoms with Crippen LogP contribution in [0.5, 0.6) is 5.75 Å². The number of carbonyl (C=O) groups is 1. The van der Waals surface area contributed by atoms with Crippen molar-refractivity contribution in [3.05, 3.63) is 47.0 Å². The first kappa shape index (κ1) is 17.8. The van der Waals surface area contributed by atoms with E-state index in [-0.39, 0.29) is 29.6 Å². The molecule has 1 unspecified atom stereocenters.